The molecule has 0 aliphatic rings. The molecule has 2 rings (SSSR count). The summed E-state index contributed by atoms with van der Waals surface area (Å²) in [6.45, 7) is 5.02. The Morgan fingerprint density at radius 2 is 1.81 bits per heavy atom. The third-order valence-corrected chi connectivity index (χ3v) is 6.99. The summed E-state index contributed by atoms with van der Waals surface area (Å²) in [6, 6.07) is 9.85. The average molecular weight is 535 g/mol. The summed E-state index contributed by atoms with van der Waals surface area (Å²) in [6.07, 6.45) is 2.58. The van der Waals surface area contributed by atoms with Crippen molar-refractivity contribution >= 4 is 33.2 Å². The van der Waals surface area contributed by atoms with Gasteiger partial charge in [-0.25, -0.2) is 8.42 Å². The Labute approximate surface area is 217 Å². The number of amides is 2. The lowest BCUT2D eigenvalue weighted by Crippen LogP contribution is -2.51. The van der Waals surface area contributed by atoms with E-state index < -0.39 is 33.4 Å². The maximum absolute atomic E-state index is 13.6. The lowest BCUT2D eigenvalue weighted by atomic mass is 10.1. The summed E-state index contributed by atoms with van der Waals surface area (Å²) in [7, 11) is -2.48. The van der Waals surface area contributed by atoms with E-state index in [2.05, 4.69) is 5.32 Å². The van der Waals surface area contributed by atoms with Gasteiger partial charge in [-0.15, -0.1) is 0 Å². The van der Waals surface area contributed by atoms with Crippen LogP contribution in [0.15, 0.2) is 42.5 Å². The Hall–Kier alpha value is -3.67. The highest BCUT2D eigenvalue weighted by Crippen LogP contribution is 2.28. The quantitative estimate of drug-likeness (QED) is 0.237. The summed E-state index contributed by atoms with van der Waals surface area (Å²) in [5.41, 5.74) is 0.866. The second kappa shape index (κ2) is 13.0. The molecule has 2 aromatic carbocycles. The van der Waals surface area contributed by atoms with Gasteiger partial charge in [0, 0.05) is 25.2 Å². The fourth-order valence-corrected chi connectivity index (χ4v) is 4.52. The molecule has 0 aliphatic heterocycles. The fourth-order valence-electron chi connectivity index (χ4n) is 3.62. The maximum atomic E-state index is 13.6. The molecular weight excluding hydrogens is 500 g/mol. The summed E-state index contributed by atoms with van der Waals surface area (Å²) >= 11 is 0. The number of hydrogen-bond acceptors (Lipinski definition) is 7. The highest BCUT2D eigenvalue weighted by atomic mass is 32.2. The van der Waals surface area contributed by atoms with Gasteiger partial charge in [-0.3, -0.25) is 24.0 Å². The van der Waals surface area contributed by atoms with Crippen LogP contribution >= 0.6 is 0 Å². The van der Waals surface area contributed by atoms with E-state index in [4.69, 9.17) is 4.74 Å². The first-order valence-corrected chi connectivity index (χ1v) is 13.7. The molecule has 0 aliphatic carbocycles. The van der Waals surface area contributed by atoms with Crippen LogP contribution in [0.25, 0.3) is 0 Å². The minimum atomic E-state index is -4.01. The average Bonchev–Trinajstić information content (AvgIpc) is 2.85. The smallest absolute Gasteiger partial charge is 0.271 e. The molecule has 2 aromatic rings. The van der Waals surface area contributed by atoms with Crippen molar-refractivity contribution in [3.63, 3.8) is 0 Å². The Balaban J connectivity index is 2.43. The molecule has 0 bridgehead atoms. The number of aryl methyl sites for hydroxylation is 1. The zero-order valence-corrected chi connectivity index (χ0v) is 22.6. The van der Waals surface area contributed by atoms with Gasteiger partial charge < -0.3 is 15.0 Å². The second-order valence-electron chi connectivity index (χ2n) is 8.69. The Morgan fingerprint density at radius 1 is 1.16 bits per heavy atom. The van der Waals surface area contributed by atoms with E-state index in [1.165, 1.54) is 24.1 Å². The van der Waals surface area contributed by atoms with Gasteiger partial charge in [-0.2, -0.15) is 0 Å². The van der Waals surface area contributed by atoms with E-state index in [9.17, 15) is 28.1 Å². The summed E-state index contributed by atoms with van der Waals surface area (Å²) in [5.74, 6) is -0.380. The van der Waals surface area contributed by atoms with Crippen LogP contribution in [0, 0.1) is 17.0 Å². The number of sulfonamides is 1. The molecule has 0 radical (unpaired) electrons. The highest BCUT2D eigenvalue weighted by molar-refractivity contribution is 7.92. The number of carbonyl (C=O) groups is 2. The number of unbranched alkanes of at least 4 members (excludes halogenated alkanes) is 1. The van der Waals surface area contributed by atoms with Crippen LogP contribution in [0.3, 0.4) is 0 Å². The molecule has 1 unspecified atom stereocenters. The number of hydrogen-bond donors (Lipinski definition) is 1. The fraction of sp³-hybridized carbons (Fsp3) is 0.440. The number of rotatable bonds is 13. The molecule has 1 atom stereocenters. The van der Waals surface area contributed by atoms with Crippen LogP contribution in [0.2, 0.25) is 0 Å². The van der Waals surface area contributed by atoms with Crippen molar-refractivity contribution in [2.45, 2.75) is 46.2 Å². The standard InChI is InChI=1S/C25H34N4O7S/c1-6-7-14-26-25(31)19(3)27(16-20-9-12-22(36-4)13-10-20)24(30)17-28(37(5,34)35)23-15-21(29(32)33)11-8-18(23)2/h8-13,15,19H,6-7,14,16-17H2,1-5H3,(H,26,31). The predicted molar refractivity (Wildman–Crippen MR) is 141 cm³/mol. The molecule has 0 spiro atoms. The molecule has 0 saturated heterocycles. The first-order chi connectivity index (χ1) is 17.4. The number of benzene rings is 2. The predicted octanol–water partition coefficient (Wildman–Crippen LogP) is 3.01. The van der Waals surface area contributed by atoms with Gasteiger partial charge >= 0.3 is 0 Å². The van der Waals surface area contributed by atoms with Gasteiger partial charge in [0.25, 0.3) is 5.69 Å². The van der Waals surface area contributed by atoms with Crippen LogP contribution in [0.5, 0.6) is 5.75 Å². The van der Waals surface area contributed by atoms with Crippen molar-refractivity contribution in [2.24, 2.45) is 0 Å². The van der Waals surface area contributed by atoms with Crippen molar-refractivity contribution in [1.29, 1.82) is 0 Å². The third-order valence-electron chi connectivity index (χ3n) is 5.86. The molecule has 1 N–H and O–H groups in total. The minimum Gasteiger partial charge on any atom is -0.497 e. The lowest BCUT2D eigenvalue weighted by Gasteiger charge is -2.32. The largest absolute Gasteiger partial charge is 0.497 e. The van der Waals surface area contributed by atoms with Crippen molar-refractivity contribution in [3.8, 4) is 5.75 Å². The van der Waals surface area contributed by atoms with E-state index in [1.54, 1.807) is 38.1 Å². The normalized spacial score (nSPS) is 11.9. The zero-order valence-electron chi connectivity index (χ0n) is 21.8. The Bertz CT molecular complexity index is 1220. The lowest BCUT2D eigenvalue weighted by molar-refractivity contribution is -0.384. The summed E-state index contributed by atoms with van der Waals surface area (Å²) < 4.78 is 31.5. The second-order valence-corrected chi connectivity index (χ2v) is 10.6. The molecule has 0 aromatic heterocycles. The van der Waals surface area contributed by atoms with Crippen LogP contribution in [-0.4, -0.2) is 62.6 Å². The van der Waals surface area contributed by atoms with E-state index in [0.29, 0.717) is 23.4 Å². The van der Waals surface area contributed by atoms with E-state index in [1.807, 2.05) is 6.92 Å². The third kappa shape index (κ3) is 8.17. The van der Waals surface area contributed by atoms with Crippen LogP contribution < -0.4 is 14.4 Å². The maximum Gasteiger partial charge on any atom is 0.271 e. The molecule has 37 heavy (non-hydrogen) atoms. The number of nitrogens with zero attached hydrogens (tertiary/aromatic N) is 3. The van der Waals surface area contributed by atoms with Crippen molar-refractivity contribution < 1.29 is 27.7 Å². The van der Waals surface area contributed by atoms with E-state index in [-0.39, 0.29) is 23.8 Å². The van der Waals surface area contributed by atoms with E-state index in [0.717, 1.165) is 29.5 Å². The monoisotopic (exact) mass is 534 g/mol. The van der Waals surface area contributed by atoms with Gasteiger partial charge in [0.15, 0.2) is 0 Å². The number of ether oxygens (including phenoxy) is 1. The number of non-ortho nitro benzene ring substituents is 1. The van der Waals surface area contributed by atoms with Crippen molar-refractivity contribution in [3.05, 3.63) is 63.7 Å². The summed E-state index contributed by atoms with van der Waals surface area (Å²) in [4.78, 5) is 38.4. The molecule has 0 saturated carbocycles. The van der Waals surface area contributed by atoms with Crippen LogP contribution in [0.1, 0.15) is 37.8 Å². The topological polar surface area (TPSA) is 139 Å². The number of nitro groups is 1. The molecule has 11 nitrogen and oxygen atoms in total. The minimum absolute atomic E-state index is 0.0227. The summed E-state index contributed by atoms with van der Waals surface area (Å²) in [5, 5.41) is 14.1. The Kier molecular flexibility index (Phi) is 10.4. The van der Waals surface area contributed by atoms with Crippen molar-refractivity contribution in [1.82, 2.24) is 10.2 Å². The van der Waals surface area contributed by atoms with Gasteiger partial charge in [0.05, 0.1) is 24.0 Å². The first-order valence-electron chi connectivity index (χ1n) is 11.8. The SMILES string of the molecule is CCCCNC(=O)C(C)N(Cc1ccc(OC)cc1)C(=O)CN(c1cc([N+](=O)[O-])ccc1C)S(C)(=O)=O. The molecular formula is C25H34N4O7S. The first kappa shape index (κ1) is 29.6. The van der Waals surface area contributed by atoms with Gasteiger partial charge in [-0.05, 0) is 43.5 Å². The van der Waals surface area contributed by atoms with Gasteiger partial charge in [0.1, 0.15) is 18.3 Å². The molecule has 2 amide bonds. The molecule has 202 valence electrons. The number of nitro benzene ring substituents is 1. The van der Waals surface area contributed by atoms with Crippen molar-refractivity contribution in [2.75, 3.05) is 30.8 Å². The number of carbonyl (C=O) groups excluding carboxylic acids is 2. The molecule has 0 fully saturated rings. The number of nitrogens with one attached hydrogen (secondary N) is 1. The van der Waals surface area contributed by atoms with Gasteiger partial charge in [0.2, 0.25) is 21.8 Å². The number of anilines is 1. The molecule has 12 heteroatoms. The molecule has 0 heterocycles. The number of methoxy groups -OCH3 is 1. The van der Waals surface area contributed by atoms with E-state index >= 15 is 0 Å². The zero-order chi connectivity index (χ0) is 27.8. The highest BCUT2D eigenvalue weighted by Gasteiger charge is 2.31. The Morgan fingerprint density at radius 3 is 2.35 bits per heavy atom. The van der Waals surface area contributed by atoms with Crippen LogP contribution in [-0.2, 0) is 26.2 Å². The van der Waals surface area contributed by atoms with Gasteiger partial charge in [-0.1, -0.05) is 31.5 Å². The van der Waals surface area contributed by atoms with Crippen LogP contribution in [0.4, 0.5) is 11.4 Å².